The van der Waals surface area contributed by atoms with Crippen molar-refractivity contribution in [3.63, 3.8) is 0 Å². The van der Waals surface area contributed by atoms with Gasteiger partial charge in [-0.05, 0) is 56.3 Å². The van der Waals surface area contributed by atoms with E-state index in [0.29, 0.717) is 11.8 Å². The Kier molecular flexibility index (Phi) is 2.97. The topological polar surface area (TPSA) is 37.3 Å². The average Bonchev–Trinajstić information content (AvgIpc) is 2.37. The molecule has 0 radical (unpaired) electrons. The van der Waals surface area contributed by atoms with Gasteiger partial charge in [0.1, 0.15) is 0 Å². The third kappa shape index (κ3) is 1.92. The molecule has 3 rings (SSSR count). The Hall–Kier alpha value is -0.790. The summed E-state index contributed by atoms with van der Waals surface area (Å²) in [4.78, 5) is 11.3. The molecule has 0 heterocycles. The predicted octanol–water partition coefficient (Wildman–Crippen LogP) is 3.62. The van der Waals surface area contributed by atoms with Gasteiger partial charge < -0.3 is 5.11 Å². The standard InChI is InChI=1S/C15H22O2/c16-15(17)14-7-3-6-12-11-5-2-1-4-10(11)8-9-13(12)14/h8,11-14H,1-7,9H2,(H,16,17). The molecule has 0 aromatic rings. The molecule has 0 amide bonds. The highest BCUT2D eigenvalue weighted by Crippen LogP contribution is 2.50. The van der Waals surface area contributed by atoms with Crippen molar-refractivity contribution in [1.29, 1.82) is 0 Å². The summed E-state index contributed by atoms with van der Waals surface area (Å²) >= 11 is 0. The molecule has 2 saturated carbocycles. The maximum absolute atomic E-state index is 11.3. The van der Waals surface area contributed by atoms with Crippen molar-refractivity contribution in [1.82, 2.24) is 0 Å². The Morgan fingerprint density at radius 3 is 2.82 bits per heavy atom. The molecule has 0 aliphatic heterocycles. The number of carboxylic acid groups (broad SMARTS) is 1. The first-order chi connectivity index (χ1) is 8.27. The minimum absolute atomic E-state index is 0.0616. The molecule has 94 valence electrons. The van der Waals surface area contributed by atoms with Crippen LogP contribution in [0.15, 0.2) is 11.6 Å². The van der Waals surface area contributed by atoms with E-state index in [4.69, 9.17) is 0 Å². The molecule has 1 N–H and O–H groups in total. The Morgan fingerprint density at radius 1 is 1.12 bits per heavy atom. The van der Waals surface area contributed by atoms with E-state index in [1.54, 1.807) is 5.57 Å². The van der Waals surface area contributed by atoms with Crippen molar-refractivity contribution in [2.75, 3.05) is 0 Å². The zero-order valence-electron chi connectivity index (χ0n) is 10.4. The van der Waals surface area contributed by atoms with E-state index in [1.807, 2.05) is 0 Å². The Bertz CT molecular complexity index is 345. The zero-order valence-corrected chi connectivity index (χ0v) is 10.4. The second-order valence-corrected chi connectivity index (χ2v) is 6.07. The number of fused-ring (bicyclic) bond motifs is 3. The zero-order chi connectivity index (χ0) is 11.8. The summed E-state index contributed by atoms with van der Waals surface area (Å²) in [5.41, 5.74) is 1.67. The third-order valence-corrected chi connectivity index (χ3v) is 5.31. The molecule has 0 saturated heterocycles. The number of hydrogen-bond acceptors (Lipinski definition) is 1. The first kappa shape index (κ1) is 11.3. The lowest BCUT2D eigenvalue weighted by Gasteiger charge is -2.45. The molecule has 3 aliphatic rings. The van der Waals surface area contributed by atoms with Crippen molar-refractivity contribution >= 4 is 5.97 Å². The molecule has 4 unspecified atom stereocenters. The molecular formula is C15H22O2. The van der Waals surface area contributed by atoms with Gasteiger partial charge in [0.15, 0.2) is 0 Å². The van der Waals surface area contributed by atoms with Crippen LogP contribution >= 0.6 is 0 Å². The minimum atomic E-state index is -0.549. The van der Waals surface area contributed by atoms with Crippen LogP contribution in [-0.4, -0.2) is 11.1 Å². The van der Waals surface area contributed by atoms with E-state index in [-0.39, 0.29) is 5.92 Å². The summed E-state index contributed by atoms with van der Waals surface area (Å²) in [6, 6.07) is 0. The fourth-order valence-electron chi connectivity index (χ4n) is 4.54. The van der Waals surface area contributed by atoms with Crippen LogP contribution in [0.2, 0.25) is 0 Å². The van der Waals surface area contributed by atoms with Gasteiger partial charge in [-0.2, -0.15) is 0 Å². The summed E-state index contributed by atoms with van der Waals surface area (Å²) in [6.07, 6.45) is 12.0. The SMILES string of the molecule is O=C(O)C1CCCC2C3CCCCC3=CCC12. The van der Waals surface area contributed by atoms with Gasteiger partial charge in [-0.1, -0.05) is 24.5 Å². The summed E-state index contributed by atoms with van der Waals surface area (Å²) < 4.78 is 0. The smallest absolute Gasteiger partial charge is 0.306 e. The Balaban J connectivity index is 1.85. The second-order valence-electron chi connectivity index (χ2n) is 6.07. The van der Waals surface area contributed by atoms with Crippen LogP contribution in [-0.2, 0) is 4.79 Å². The van der Waals surface area contributed by atoms with Crippen molar-refractivity contribution in [2.45, 2.75) is 51.4 Å². The highest BCUT2D eigenvalue weighted by molar-refractivity contribution is 5.70. The molecule has 0 aromatic heterocycles. The van der Waals surface area contributed by atoms with E-state index in [1.165, 1.54) is 32.1 Å². The summed E-state index contributed by atoms with van der Waals surface area (Å²) in [7, 11) is 0. The number of allylic oxidation sites excluding steroid dienone is 2. The van der Waals surface area contributed by atoms with Crippen LogP contribution in [0.5, 0.6) is 0 Å². The molecule has 3 aliphatic carbocycles. The average molecular weight is 234 g/mol. The van der Waals surface area contributed by atoms with Crippen LogP contribution < -0.4 is 0 Å². The summed E-state index contributed by atoms with van der Waals surface area (Å²) in [6.45, 7) is 0. The van der Waals surface area contributed by atoms with Crippen LogP contribution in [0.25, 0.3) is 0 Å². The molecular weight excluding hydrogens is 212 g/mol. The van der Waals surface area contributed by atoms with Crippen LogP contribution in [0.1, 0.15) is 51.4 Å². The number of hydrogen-bond donors (Lipinski definition) is 1. The number of carboxylic acids is 1. The van der Waals surface area contributed by atoms with Gasteiger partial charge >= 0.3 is 5.97 Å². The highest BCUT2D eigenvalue weighted by Gasteiger charge is 2.43. The van der Waals surface area contributed by atoms with Crippen molar-refractivity contribution in [3.05, 3.63) is 11.6 Å². The summed E-state index contributed by atoms with van der Waals surface area (Å²) in [5.74, 6) is 1.25. The predicted molar refractivity (Wildman–Crippen MR) is 66.6 cm³/mol. The lowest BCUT2D eigenvalue weighted by Crippen LogP contribution is -2.40. The van der Waals surface area contributed by atoms with Gasteiger partial charge in [0.25, 0.3) is 0 Å². The van der Waals surface area contributed by atoms with Crippen LogP contribution in [0.4, 0.5) is 0 Å². The highest BCUT2D eigenvalue weighted by atomic mass is 16.4. The van der Waals surface area contributed by atoms with Crippen molar-refractivity contribution in [3.8, 4) is 0 Å². The fraction of sp³-hybridized carbons (Fsp3) is 0.800. The van der Waals surface area contributed by atoms with E-state index in [9.17, 15) is 9.90 Å². The normalized spacial score (nSPS) is 41.1. The first-order valence-corrected chi connectivity index (χ1v) is 7.19. The van der Waals surface area contributed by atoms with Gasteiger partial charge in [-0.15, -0.1) is 0 Å². The summed E-state index contributed by atoms with van der Waals surface area (Å²) in [5, 5.41) is 9.35. The van der Waals surface area contributed by atoms with Gasteiger partial charge in [-0.3, -0.25) is 4.79 Å². The lowest BCUT2D eigenvalue weighted by atomic mass is 9.59. The molecule has 0 spiro atoms. The molecule has 2 nitrogen and oxygen atoms in total. The lowest BCUT2D eigenvalue weighted by molar-refractivity contribution is -0.146. The number of aliphatic carboxylic acids is 1. The van der Waals surface area contributed by atoms with Crippen LogP contribution in [0, 0.1) is 23.7 Å². The van der Waals surface area contributed by atoms with E-state index in [0.717, 1.165) is 25.2 Å². The molecule has 4 atom stereocenters. The second kappa shape index (κ2) is 4.47. The molecule has 2 heteroatoms. The molecule has 0 bridgehead atoms. The Labute approximate surface area is 103 Å². The van der Waals surface area contributed by atoms with Gasteiger partial charge in [-0.25, -0.2) is 0 Å². The first-order valence-electron chi connectivity index (χ1n) is 7.19. The van der Waals surface area contributed by atoms with Crippen LogP contribution in [0.3, 0.4) is 0 Å². The van der Waals surface area contributed by atoms with Gasteiger partial charge in [0, 0.05) is 0 Å². The largest absolute Gasteiger partial charge is 0.481 e. The van der Waals surface area contributed by atoms with Gasteiger partial charge in [0.2, 0.25) is 0 Å². The van der Waals surface area contributed by atoms with Gasteiger partial charge in [0.05, 0.1) is 5.92 Å². The van der Waals surface area contributed by atoms with E-state index < -0.39 is 5.97 Å². The van der Waals surface area contributed by atoms with E-state index >= 15 is 0 Å². The maximum Gasteiger partial charge on any atom is 0.306 e. The van der Waals surface area contributed by atoms with Crippen molar-refractivity contribution in [2.24, 2.45) is 23.7 Å². The molecule has 17 heavy (non-hydrogen) atoms. The quantitative estimate of drug-likeness (QED) is 0.703. The van der Waals surface area contributed by atoms with Crippen molar-refractivity contribution < 1.29 is 9.90 Å². The monoisotopic (exact) mass is 234 g/mol. The fourth-order valence-corrected chi connectivity index (χ4v) is 4.54. The maximum atomic E-state index is 11.3. The molecule has 0 aromatic carbocycles. The number of rotatable bonds is 1. The van der Waals surface area contributed by atoms with E-state index in [2.05, 4.69) is 6.08 Å². The Morgan fingerprint density at radius 2 is 2.00 bits per heavy atom. The molecule has 2 fully saturated rings. The minimum Gasteiger partial charge on any atom is -0.481 e. The number of carbonyl (C=O) groups is 1. The third-order valence-electron chi connectivity index (χ3n) is 5.31.